The van der Waals surface area contributed by atoms with Gasteiger partial charge in [-0.3, -0.25) is 4.99 Å². The van der Waals surface area contributed by atoms with Crippen LogP contribution in [0.15, 0.2) is 16.8 Å². The van der Waals surface area contributed by atoms with Gasteiger partial charge in [0, 0.05) is 18.5 Å². The average molecular weight is 112 g/mol. The minimum absolute atomic E-state index is 0.799. The molecule has 2 N–H and O–H groups in total. The zero-order valence-electron chi connectivity index (χ0n) is 5.60. The van der Waals surface area contributed by atoms with Gasteiger partial charge in [0.2, 0.25) is 0 Å². The summed E-state index contributed by atoms with van der Waals surface area (Å²) in [5.41, 5.74) is 7.11. The molecule has 2 heteroatoms. The summed E-state index contributed by atoms with van der Waals surface area (Å²) in [4.78, 5) is 3.89. The Morgan fingerprint density at radius 1 is 1.50 bits per heavy atom. The van der Waals surface area contributed by atoms with Gasteiger partial charge in [0.05, 0.1) is 0 Å². The molecular weight excluding hydrogens is 100 g/mol. The highest BCUT2D eigenvalue weighted by atomic mass is 14.7. The van der Waals surface area contributed by atoms with Gasteiger partial charge in [-0.2, -0.15) is 0 Å². The molecule has 8 heavy (non-hydrogen) atoms. The summed E-state index contributed by atoms with van der Waals surface area (Å²) < 4.78 is 0. The van der Waals surface area contributed by atoms with Crippen LogP contribution in [0.1, 0.15) is 13.8 Å². The molecule has 0 heterocycles. The Bertz CT molecular complexity index is 118. The van der Waals surface area contributed by atoms with Gasteiger partial charge in [-0.05, 0) is 19.9 Å². The van der Waals surface area contributed by atoms with Crippen LogP contribution in [0.4, 0.5) is 0 Å². The first-order chi connectivity index (χ1) is 3.66. The molecule has 0 rings (SSSR count). The molecule has 0 bridgehead atoms. The third-order valence-corrected chi connectivity index (χ3v) is 0.789. The molecule has 0 aliphatic carbocycles. The Hall–Kier alpha value is -0.790. The molecule has 0 aromatic heterocycles. The van der Waals surface area contributed by atoms with E-state index in [1.54, 1.807) is 7.05 Å². The summed E-state index contributed by atoms with van der Waals surface area (Å²) in [5, 5.41) is 0. The molecule has 0 amide bonds. The van der Waals surface area contributed by atoms with E-state index in [-0.39, 0.29) is 0 Å². The monoisotopic (exact) mass is 112 g/mol. The van der Waals surface area contributed by atoms with Crippen molar-refractivity contribution in [3.63, 3.8) is 0 Å². The molecule has 0 aromatic rings. The Kier molecular flexibility index (Phi) is 2.92. The maximum absolute atomic E-state index is 5.35. The van der Waals surface area contributed by atoms with Crippen LogP contribution < -0.4 is 5.73 Å². The van der Waals surface area contributed by atoms with Crippen molar-refractivity contribution >= 4 is 5.71 Å². The molecular formula is C6H12N2. The van der Waals surface area contributed by atoms with E-state index >= 15 is 0 Å². The molecule has 0 unspecified atom stereocenters. The van der Waals surface area contributed by atoms with E-state index in [1.165, 1.54) is 0 Å². The quantitative estimate of drug-likeness (QED) is 0.504. The van der Waals surface area contributed by atoms with Gasteiger partial charge in [0.15, 0.2) is 0 Å². The first-order valence-corrected chi connectivity index (χ1v) is 2.54. The summed E-state index contributed by atoms with van der Waals surface area (Å²) in [7, 11) is 1.74. The number of hydrogen-bond acceptors (Lipinski definition) is 2. The highest BCUT2D eigenvalue weighted by Gasteiger charge is 1.79. The van der Waals surface area contributed by atoms with Crippen molar-refractivity contribution in [1.82, 2.24) is 0 Å². The van der Waals surface area contributed by atoms with Crippen LogP contribution in [-0.4, -0.2) is 12.8 Å². The minimum atomic E-state index is 0.799. The average Bonchev–Trinajstić information content (AvgIpc) is 1.65. The van der Waals surface area contributed by atoms with Crippen molar-refractivity contribution in [3.05, 3.63) is 11.8 Å². The van der Waals surface area contributed by atoms with E-state index in [9.17, 15) is 0 Å². The molecule has 0 aliphatic heterocycles. The first-order valence-electron chi connectivity index (χ1n) is 2.54. The van der Waals surface area contributed by atoms with E-state index < -0.39 is 0 Å². The molecule has 0 radical (unpaired) electrons. The SMILES string of the molecule is CN=C(C)/C=C(\C)N. The van der Waals surface area contributed by atoms with E-state index in [0.29, 0.717) is 0 Å². The summed E-state index contributed by atoms with van der Waals surface area (Å²) in [6, 6.07) is 0. The lowest BCUT2D eigenvalue weighted by Crippen LogP contribution is -1.94. The highest BCUT2D eigenvalue weighted by Crippen LogP contribution is 1.82. The molecule has 0 spiro atoms. The zero-order chi connectivity index (χ0) is 6.57. The zero-order valence-corrected chi connectivity index (χ0v) is 5.60. The lowest BCUT2D eigenvalue weighted by Gasteiger charge is -1.88. The maximum atomic E-state index is 5.35. The summed E-state index contributed by atoms with van der Waals surface area (Å²) >= 11 is 0. The van der Waals surface area contributed by atoms with Crippen LogP contribution in [0.3, 0.4) is 0 Å². The summed E-state index contributed by atoms with van der Waals surface area (Å²) in [6.07, 6.45) is 1.83. The third kappa shape index (κ3) is 3.40. The Labute approximate surface area is 50.1 Å². The fourth-order valence-electron chi connectivity index (χ4n) is 0.394. The Balaban J connectivity index is 3.89. The second-order valence-electron chi connectivity index (χ2n) is 1.75. The lowest BCUT2D eigenvalue weighted by molar-refractivity contribution is 1.31. The summed E-state index contributed by atoms with van der Waals surface area (Å²) in [5.74, 6) is 0. The van der Waals surface area contributed by atoms with Gasteiger partial charge in [-0.15, -0.1) is 0 Å². The molecule has 0 fully saturated rings. The van der Waals surface area contributed by atoms with E-state index in [4.69, 9.17) is 5.73 Å². The van der Waals surface area contributed by atoms with E-state index in [2.05, 4.69) is 4.99 Å². The topological polar surface area (TPSA) is 38.4 Å². The number of nitrogens with zero attached hydrogens (tertiary/aromatic N) is 1. The van der Waals surface area contributed by atoms with Gasteiger partial charge in [-0.25, -0.2) is 0 Å². The lowest BCUT2D eigenvalue weighted by atomic mass is 10.3. The van der Waals surface area contributed by atoms with Crippen molar-refractivity contribution in [2.24, 2.45) is 10.7 Å². The van der Waals surface area contributed by atoms with E-state index in [0.717, 1.165) is 11.4 Å². The standard InChI is InChI=1S/C6H12N2/c1-5(7)4-6(2)8-3/h4H,7H2,1-3H3/b5-4+,8-6?. The minimum Gasteiger partial charge on any atom is -0.402 e. The van der Waals surface area contributed by atoms with Crippen molar-refractivity contribution in [2.75, 3.05) is 7.05 Å². The normalized spacial score (nSPS) is 14.4. The van der Waals surface area contributed by atoms with Crippen LogP contribution in [0.25, 0.3) is 0 Å². The summed E-state index contributed by atoms with van der Waals surface area (Å²) in [6.45, 7) is 3.76. The molecule has 0 aromatic carbocycles. The van der Waals surface area contributed by atoms with Gasteiger partial charge >= 0.3 is 0 Å². The van der Waals surface area contributed by atoms with Crippen LogP contribution in [0.2, 0.25) is 0 Å². The second-order valence-corrected chi connectivity index (χ2v) is 1.75. The number of nitrogens with two attached hydrogens (primary N) is 1. The van der Waals surface area contributed by atoms with Crippen LogP contribution in [0, 0.1) is 0 Å². The van der Waals surface area contributed by atoms with E-state index in [1.807, 2.05) is 19.9 Å². The van der Waals surface area contributed by atoms with Crippen molar-refractivity contribution in [1.29, 1.82) is 0 Å². The molecule has 2 nitrogen and oxygen atoms in total. The first kappa shape index (κ1) is 7.21. The maximum Gasteiger partial charge on any atom is 0.0330 e. The molecule has 46 valence electrons. The van der Waals surface area contributed by atoms with Crippen molar-refractivity contribution < 1.29 is 0 Å². The number of hydrogen-bond donors (Lipinski definition) is 1. The molecule has 0 saturated carbocycles. The number of rotatable bonds is 1. The van der Waals surface area contributed by atoms with Gasteiger partial charge < -0.3 is 5.73 Å². The largest absolute Gasteiger partial charge is 0.402 e. The van der Waals surface area contributed by atoms with Crippen molar-refractivity contribution in [2.45, 2.75) is 13.8 Å². The second kappa shape index (κ2) is 3.24. The van der Waals surface area contributed by atoms with Gasteiger partial charge in [0.1, 0.15) is 0 Å². The Morgan fingerprint density at radius 2 is 2.00 bits per heavy atom. The highest BCUT2D eigenvalue weighted by molar-refractivity contribution is 5.93. The smallest absolute Gasteiger partial charge is 0.0330 e. The number of aliphatic imine (C=N–C) groups is 1. The van der Waals surface area contributed by atoms with Crippen LogP contribution in [-0.2, 0) is 0 Å². The third-order valence-electron chi connectivity index (χ3n) is 0.789. The molecule has 0 saturated heterocycles. The molecule has 0 aliphatic rings. The predicted octanol–water partition coefficient (Wildman–Crippen LogP) is 0.940. The predicted molar refractivity (Wildman–Crippen MR) is 37.0 cm³/mol. The van der Waals surface area contributed by atoms with Crippen LogP contribution >= 0.6 is 0 Å². The van der Waals surface area contributed by atoms with Gasteiger partial charge in [0.25, 0.3) is 0 Å². The van der Waals surface area contributed by atoms with Gasteiger partial charge in [-0.1, -0.05) is 0 Å². The Morgan fingerprint density at radius 3 is 2.12 bits per heavy atom. The fraction of sp³-hybridized carbons (Fsp3) is 0.500. The fourth-order valence-corrected chi connectivity index (χ4v) is 0.394. The van der Waals surface area contributed by atoms with Crippen LogP contribution in [0.5, 0.6) is 0 Å². The molecule has 0 atom stereocenters. The van der Waals surface area contributed by atoms with Crippen molar-refractivity contribution in [3.8, 4) is 0 Å². The number of allylic oxidation sites excluding steroid dienone is 2.